The van der Waals surface area contributed by atoms with Gasteiger partial charge in [0.1, 0.15) is 0 Å². The van der Waals surface area contributed by atoms with E-state index in [0.29, 0.717) is 11.1 Å². The molecule has 32 heavy (non-hydrogen) atoms. The number of rotatable bonds is 10. The van der Waals surface area contributed by atoms with E-state index in [1.165, 1.54) is 0 Å². The molecule has 0 radical (unpaired) electrons. The summed E-state index contributed by atoms with van der Waals surface area (Å²) in [4.78, 5) is 36.8. The minimum Gasteiger partial charge on any atom is -0.480 e. The molecule has 0 aliphatic carbocycles. The predicted molar refractivity (Wildman–Crippen MR) is 119 cm³/mol. The Kier molecular flexibility index (Phi) is 7.51. The van der Waals surface area contributed by atoms with Gasteiger partial charge < -0.3 is 24.6 Å². The molecule has 2 aromatic carbocycles. The molecule has 0 aromatic heterocycles. The molecule has 1 aliphatic rings. The van der Waals surface area contributed by atoms with E-state index in [1.807, 2.05) is 24.3 Å². The van der Waals surface area contributed by atoms with Gasteiger partial charge in [0.2, 0.25) is 0 Å². The number of esters is 1. The Hall–Kier alpha value is -2.51. The molecular formula is C23H28O8P+. The molecule has 172 valence electrons. The van der Waals surface area contributed by atoms with Crippen LogP contribution in [-0.4, -0.2) is 51.7 Å². The van der Waals surface area contributed by atoms with Gasteiger partial charge in [0, 0.05) is 24.3 Å². The molecule has 1 aliphatic heterocycles. The predicted octanol–water partition coefficient (Wildman–Crippen LogP) is 2.57. The number of fused-ring (bicyclic) bond motifs is 3. The molecule has 3 atom stereocenters. The van der Waals surface area contributed by atoms with Crippen molar-refractivity contribution >= 4 is 25.0 Å². The van der Waals surface area contributed by atoms with Gasteiger partial charge in [-0.15, -0.1) is 0 Å². The second kappa shape index (κ2) is 9.96. The number of aliphatic hydroxyl groups excluding tert-OH is 2. The monoisotopic (exact) mass is 463 g/mol. The van der Waals surface area contributed by atoms with Crippen molar-refractivity contribution in [3.63, 3.8) is 0 Å². The fourth-order valence-corrected chi connectivity index (χ4v) is 6.29. The summed E-state index contributed by atoms with van der Waals surface area (Å²) in [7, 11) is -3.46. The highest BCUT2D eigenvalue weighted by molar-refractivity contribution is 7.73. The third kappa shape index (κ3) is 4.24. The molecule has 0 spiro atoms. The Bertz CT molecular complexity index is 980. The number of benzene rings is 2. The molecule has 4 N–H and O–H groups in total. The molecular weight excluding hydrogens is 435 g/mol. The summed E-state index contributed by atoms with van der Waals surface area (Å²) in [5, 5.41) is 29.4. The Labute approximate surface area is 186 Å². The van der Waals surface area contributed by atoms with Gasteiger partial charge in [-0.2, -0.15) is 0 Å². The van der Waals surface area contributed by atoms with Crippen molar-refractivity contribution in [2.24, 2.45) is 11.3 Å². The fraction of sp³-hybridized carbons (Fsp3) is 0.391. The van der Waals surface area contributed by atoms with Crippen LogP contribution in [0.4, 0.5) is 0 Å². The summed E-state index contributed by atoms with van der Waals surface area (Å²) in [5.41, 5.74) is -0.487. The van der Waals surface area contributed by atoms with Gasteiger partial charge in [-0.25, -0.2) is 4.89 Å². The van der Waals surface area contributed by atoms with Crippen LogP contribution in [-0.2, 0) is 14.3 Å². The van der Waals surface area contributed by atoms with Crippen molar-refractivity contribution in [2.75, 3.05) is 19.6 Å². The molecule has 1 heterocycles. The van der Waals surface area contributed by atoms with Crippen LogP contribution >= 0.6 is 7.72 Å². The molecule has 0 saturated heterocycles. The fourth-order valence-electron chi connectivity index (χ4n) is 4.33. The van der Waals surface area contributed by atoms with Crippen LogP contribution in [0.3, 0.4) is 0 Å². The topological polar surface area (TPSA) is 134 Å². The van der Waals surface area contributed by atoms with Crippen molar-refractivity contribution in [1.82, 2.24) is 0 Å². The molecule has 0 bridgehead atoms. The maximum absolute atomic E-state index is 13.2. The zero-order valence-corrected chi connectivity index (χ0v) is 18.7. The summed E-state index contributed by atoms with van der Waals surface area (Å²) < 4.78 is 11.3. The Morgan fingerprint density at radius 2 is 1.72 bits per heavy atom. The van der Waals surface area contributed by atoms with Crippen LogP contribution in [0.15, 0.2) is 48.5 Å². The standard InChI is InChI=1S/C23H27O8P/c1-2-16(11-13-24)23(12-14-25,21(26)27)22(28)30-15-32(29)20-10-6-4-8-18(20)17-7-3-5-9-19(17)31-32/h3-10,16,24-25,29H,2,11-15H2,1H3/p+1. The maximum Gasteiger partial charge on any atom is 0.388 e. The number of ether oxygens (including phenoxy) is 1. The molecule has 0 amide bonds. The number of para-hydroxylation sites is 1. The highest BCUT2D eigenvalue weighted by Gasteiger charge is 2.56. The van der Waals surface area contributed by atoms with Crippen LogP contribution in [0.2, 0.25) is 0 Å². The Morgan fingerprint density at radius 3 is 2.34 bits per heavy atom. The summed E-state index contributed by atoms with van der Waals surface area (Å²) >= 11 is 0. The van der Waals surface area contributed by atoms with Gasteiger partial charge in [0.25, 0.3) is 6.35 Å². The van der Waals surface area contributed by atoms with Gasteiger partial charge in [0.05, 0.1) is 0 Å². The second-order valence-corrected chi connectivity index (χ2v) is 10.1. The number of hydrogen-bond acceptors (Lipinski definition) is 7. The van der Waals surface area contributed by atoms with Crippen molar-refractivity contribution in [2.45, 2.75) is 26.2 Å². The van der Waals surface area contributed by atoms with E-state index in [-0.39, 0.29) is 25.9 Å². The molecule has 3 rings (SSSR count). The van der Waals surface area contributed by atoms with E-state index in [9.17, 15) is 29.8 Å². The van der Waals surface area contributed by atoms with Crippen molar-refractivity contribution in [3.8, 4) is 16.9 Å². The lowest BCUT2D eigenvalue weighted by Gasteiger charge is -2.34. The summed E-state index contributed by atoms with van der Waals surface area (Å²) in [5.74, 6) is -2.80. The highest BCUT2D eigenvalue weighted by Crippen LogP contribution is 2.60. The average molecular weight is 463 g/mol. The zero-order chi connectivity index (χ0) is 23.4. The molecule has 8 nitrogen and oxygen atoms in total. The first-order valence-corrected chi connectivity index (χ1v) is 12.3. The van der Waals surface area contributed by atoms with Crippen LogP contribution in [0.25, 0.3) is 11.1 Å². The number of carboxylic acid groups (broad SMARTS) is 1. The quantitative estimate of drug-likeness (QED) is 0.240. The summed E-state index contributed by atoms with van der Waals surface area (Å²) in [6.45, 7) is 0.854. The largest absolute Gasteiger partial charge is 0.480 e. The number of carbonyl (C=O) groups excluding carboxylic acids is 1. The minimum atomic E-state index is -3.46. The van der Waals surface area contributed by atoms with E-state index in [1.54, 1.807) is 31.2 Å². The van der Waals surface area contributed by atoms with E-state index in [2.05, 4.69) is 0 Å². The highest BCUT2D eigenvalue weighted by atomic mass is 31.2. The smallest absolute Gasteiger partial charge is 0.388 e. The summed E-state index contributed by atoms with van der Waals surface area (Å²) in [6, 6.07) is 14.3. The molecule has 0 fully saturated rings. The lowest BCUT2D eigenvalue weighted by Crippen LogP contribution is -2.48. The van der Waals surface area contributed by atoms with Crippen molar-refractivity contribution in [3.05, 3.63) is 48.5 Å². The normalized spacial score (nSPS) is 19.6. The number of aliphatic carboxylic acids is 1. The van der Waals surface area contributed by atoms with Crippen LogP contribution in [0.1, 0.15) is 26.2 Å². The number of aliphatic hydroxyl groups is 2. The first-order valence-electron chi connectivity index (χ1n) is 10.5. The van der Waals surface area contributed by atoms with Gasteiger partial charge in [-0.05, 0) is 30.9 Å². The number of carboxylic acids is 1. The second-order valence-electron chi connectivity index (χ2n) is 7.73. The van der Waals surface area contributed by atoms with Gasteiger partial charge >= 0.3 is 19.7 Å². The van der Waals surface area contributed by atoms with E-state index in [0.717, 1.165) is 11.1 Å². The van der Waals surface area contributed by atoms with Crippen LogP contribution < -0.4 is 9.83 Å². The van der Waals surface area contributed by atoms with Crippen molar-refractivity contribution < 1.29 is 39.1 Å². The minimum absolute atomic E-state index is 0.0595. The van der Waals surface area contributed by atoms with Crippen LogP contribution in [0.5, 0.6) is 5.75 Å². The third-order valence-corrected chi connectivity index (χ3v) is 8.12. The van der Waals surface area contributed by atoms with E-state index >= 15 is 0 Å². The zero-order valence-electron chi connectivity index (χ0n) is 17.8. The number of carbonyl (C=O) groups is 2. The van der Waals surface area contributed by atoms with Gasteiger partial charge in [-0.1, -0.05) is 49.7 Å². The first-order chi connectivity index (χ1) is 15.3. The van der Waals surface area contributed by atoms with Gasteiger partial charge in [-0.3, -0.25) is 9.59 Å². The molecule has 3 unspecified atom stereocenters. The Balaban J connectivity index is 1.93. The maximum atomic E-state index is 13.2. The lowest BCUT2D eigenvalue weighted by atomic mass is 9.70. The molecule has 2 aromatic rings. The SMILES string of the molecule is CCC(CCO)C(CCO)(C(=O)O)C(=O)OC[P+]1(O)Oc2ccccc2-c2ccccc21. The molecule has 9 heteroatoms. The lowest BCUT2D eigenvalue weighted by molar-refractivity contribution is -0.175. The third-order valence-electron chi connectivity index (χ3n) is 6.00. The van der Waals surface area contributed by atoms with Crippen LogP contribution in [0, 0.1) is 11.3 Å². The first kappa shape index (κ1) is 24.1. The van der Waals surface area contributed by atoms with E-state index < -0.39 is 43.9 Å². The van der Waals surface area contributed by atoms with Crippen molar-refractivity contribution in [1.29, 1.82) is 0 Å². The summed E-state index contributed by atoms with van der Waals surface area (Å²) in [6.07, 6.45) is -0.553. The van der Waals surface area contributed by atoms with E-state index in [4.69, 9.17) is 9.26 Å². The van der Waals surface area contributed by atoms with Gasteiger partial charge in [0.15, 0.2) is 16.5 Å². The Morgan fingerprint density at radius 1 is 1.06 bits per heavy atom. The molecule has 0 saturated carbocycles. The number of hydrogen-bond donors (Lipinski definition) is 4. The average Bonchev–Trinajstić information content (AvgIpc) is 2.80.